The highest BCUT2D eigenvalue weighted by atomic mass is 35.5. The summed E-state index contributed by atoms with van der Waals surface area (Å²) in [5.41, 5.74) is 11.0. The number of methoxy groups -OCH3 is 2. The molecule has 24 nitrogen and oxygen atoms in total. The molecule has 5 rings (SSSR count). The van der Waals surface area contributed by atoms with Gasteiger partial charge in [-0.1, -0.05) is 74.7 Å². The van der Waals surface area contributed by atoms with Gasteiger partial charge in [0, 0.05) is 58.7 Å². The van der Waals surface area contributed by atoms with Gasteiger partial charge < -0.3 is 76.1 Å². The van der Waals surface area contributed by atoms with Gasteiger partial charge in [-0.3, -0.25) is 24.5 Å². The highest BCUT2D eigenvalue weighted by Crippen LogP contribution is 2.49. The van der Waals surface area contributed by atoms with Crippen molar-refractivity contribution in [3.8, 4) is 5.75 Å². The average molecular weight is 1170 g/mol. The number of nitrogens with two attached hydrogens (primary N) is 2. The molecule has 82 heavy (non-hydrogen) atoms. The molecule has 2 saturated heterocycles. The molecule has 3 aliphatic heterocycles. The quantitative estimate of drug-likeness (QED) is 0.0338. The van der Waals surface area contributed by atoms with Crippen molar-refractivity contribution >= 4 is 70.8 Å². The maximum absolute atomic E-state index is 14.4. The summed E-state index contributed by atoms with van der Waals surface area (Å²) in [5, 5.41) is 25.2. The number of carbonyl (C=O) groups excluding carboxylic acids is 8. The lowest BCUT2D eigenvalue weighted by Crippen LogP contribution is -2.63. The number of unbranched alkanes of at least 4 members (excludes halogenated alkanes) is 2. The summed E-state index contributed by atoms with van der Waals surface area (Å²) in [7, 11) is 5.91. The van der Waals surface area contributed by atoms with Crippen molar-refractivity contribution < 1.29 is 71.9 Å². The van der Waals surface area contributed by atoms with Crippen LogP contribution in [-0.4, -0.2) is 153 Å². The first-order chi connectivity index (χ1) is 38.7. The van der Waals surface area contributed by atoms with Crippen molar-refractivity contribution in [1.29, 1.82) is 0 Å². The van der Waals surface area contributed by atoms with E-state index < -0.39 is 102 Å². The molecule has 3 aliphatic rings. The number of aliphatic hydroxyl groups is 1. The van der Waals surface area contributed by atoms with Gasteiger partial charge in [0.1, 0.15) is 53.4 Å². The number of allylic oxidation sites excluding steroid dienone is 3. The Balaban J connectivity index is 1.14. The van der Waals surface area contributed by atoms with Crippen LogP contribution in [0.15, 0.2) is 60.2 Å². The second-order valence-corrected chi connectivity index (χ2v) is 22.0. The maximum Gasteiger partial charge on any atom is 0.409 e. The number of alkyl carbamates (subject to hydrolysis) is 2. The third kappa shape index (κ3) is 18.0. The van der Waals surface area contributed by atoms with Gasteiger partial charge in [0.25, 0.3) is 0 Å². The van der Waals surface area contributed by atoms with Gasteiger partial charge in [-0.25, -0.2) is 19.2 Å². The minimum absolute atomic E-state index is 0.0638. The summed E-state index contributed by atoms with van der Waals surface area (Å²) < 4.78 is 34.8. The molecule has 0 spiro atoms. The minimum atomic E-state index is -1.88. The number of primary amides is 1. The number of nitrogens with one attached hydrogen (secondary N) is 5. The Labute approximate surface area is 484 Å². The van der Waals surface area contributed by atoms with E-state index in [0.717, 1.165) is 11.1 Å². The second-order valence-electron chi connectivity index (χ2n) is 21.7. The summed E-state index contributed by atoms with van der Waals surface area (Å²) in [5.74, 6) is -3.01. The molecule has 10 N–H and O–H groups in total. The monoisotopic (exact) mass is 1170 g/mol. The Hall–Kier alpha value is -6.99. The number of nitrogens with zero attached hydrogens (tertiary/aromatic N) is 2. The number of carbonyl (C=O) groups is 8. The van der Waals surface area contributed by atoms with Crippen LogP contribution in [0, 0.1) is 11.8 Å². The predicted molar refractivity (Wildman–Crippen MR) is 304 cm³/mol. The van der Waals surface area contributed by atoms with E-state index in [2.05, 4.69) is 26.6 Å². The van der Waals surface area contributed by atoms with Crippen LogP contribution in [-0.2, 0) is 60.7 Å². The zero-order chi connectivity index (χ0) is 60.6. The molecule has 0 radical (unpaired) electrons. The fraction of sp³-hybridized carbons (Fsp3) is 0.579. The molecule has 452 valence electrons. The van der Waals surface area contributed by atoms with Crippen LogP contribution in [0.5, 0.6) is 5.75 Å². The molecule has 2 fully saturated rings. The molecule has 0 unspecified atom stereocenters. The molecular weight excluding hydrogens is 1090 g/mol. The number of anilines is 2. The summed E-state index contributed by atoms with van der Waals surface area (Å²) in [4.78, 5) is 107. The molecule has 0 aliphatic carbocycles. The number of likely N-dealkylation sites (N-methyl/N-ethyl adjacent to an activating group) is 1. The number of amides is 8. The van der Waals surface area contributed by atoms with E-state index in [1.165, 1.54) is 38.0 Å². The zero-order valence-electron chi connectivity index (χ0n) is 48.5. The normalized spacial score (nSPS) is 24.8. The number of urea groups is 1. The van der Waals surface area contributed by atoms with E-state index in [1.54, 1.807) is 83.3 Å². The van der Waals surface area contributed by atoms with E-state index in [0.29, 0.717) is 54.8 Å². The van der Waals surface area contributed by atoms with E-state index in [-0.39, 0.29) is 62.2 Å². The number of ether oxygens (including phenoxy) is 6. The third-order valence-corrected chi connectivity index (χ3v) is 15.5. The lowest BCUT2D eigenvalue weighted by Gasteiger charge is -2.42. The van der Waals surface area contributed by atoms with Crippen molar-refractivity contribution in [3.63, 3.8) is 0 Å². The summed E-state index contributed by atoms with van der Waals surface area (Å²) >= 11 is 6.82. The highest BCUT2D eigenvalue weighted by molar-refractivity contribution is 6.35. The van der Waals surface area contributed by atoms with Crippen molar-refractivity contribution in [3.05, 3.63) is 76.3 Å². The smallest absolute Gasteiger partial charge is 0.409 e. The van der Waals surface area contributed by atoms with Crippen LogP contribution in [0.4, 0.5) is 25.8 Å². The largest absolute Gasteiger partial charge is 0.495 e. The van der Waals surface area contributed by atoms with Gasteiger partial charge in [-0.2, -0.15) is 0 Å². The summed E-state index contributed by atoms with van der Waals surface area (Å²) in [6, 6.07) is 6.56. The standard InChI is InChI=1S/C57H82ClN9O15/c1-32(2)48(59)51(71)64-39(17-15-25-61-53(60)73)50(70)63-38-22-20-36(21-23-38)31-79-54(74)62-24-13-11-12-19-45(68)66(7)35(5)52(72)81-44-29-46(69)67(8)40-27-37(28-41(77-9)47(40)58)26-33(3)16-14-18-43(78-10)57(76)30-42(80-55(75)65-57)34(4)49-56(44,6)82-49/h14,16,18,20-23,27-28,32,34-35,39,42-44,48-49,76H,11-13,15,17,19,24-26,29-31,59H2,1-10H3,(H,62,74)(H,63,70)(H,64,71)(H,65,75)(H3,60,61,73)/b18-14+,33-16+/t34-,35+,39+,42+,43-,44+,48+,49+,56+,57+/m1/s1. The molecule has 2 aromatic rings. The number of epoxide rings is 1. The Morgan fingerprint density at radius 3 is 2.35 bits per heavy atom. The van der Waals surface area contributed by atoms with Crippen LogP contribution in [0.25, 0.3) is 0 Å². The fourth-order valence-corrected chi connectivity index (χ4v) is 9.95. The molecule has 4 bridgehead atoms. The van der Waals surface area contributed by atoms with Crippen molar-refractivity contribution in [2.24, 2.45) is 23.3 Å². The predicted octanol–water partition coefficient (Wildman–Crippen LogP) is 4.86. The van der Waals surface area contributed by atoms with E-state index in [1.807, 2.05) is 13.0 Å². The number of halogens is 1. The SMILES string of the molecule is COc1cc2cc(c1Cl)N(C)C(=O)C[C@H](OC(=O)[C@H](C)N(C)C(=O)CCCCCNC(=O)OCc1ccc(NC(=O)[C@H](CCCNC(N)=O)NC(=O)[C@@H](N)C(C)C)cc1)[C@]1(C)O[C@H]1[C@H](C)[C@@H]1C[C@@](O)(NC(=O)O1)[C@H](OC)/C=C/C=C(\C)C2. The van der Waals surface area contributed by atoms with Crippen LogP contribution in [0.2, 0.25) is 5.02 Å². The first-order valence-corrected chi connectivity index (χ1v) is 27.8. The van der Waals surface area contributed by atoms with E-state index in [9.17, 15) is 43.5 Å². The number of fused-ring (bicyclic) bond motifs is 5. The molecule has 8 amide bonds. The van der Waals surface area contributed by atoms with Crippen molar-refractivity contribution in [1.82, 2.24) is 26.2 Å². The number of hydrogen-bond acceptors (Lipinski definition) is 16. The maximum atomic E-state index is 14.4. The highest BCUT2D eigenvalue weighted by Gasteiger charge is 2.64. The first-order valence-electron chi connectivity index (χ1n) is 27.5. The van der Waals surface area contributed by atoms with E-state index >= 15 is 0 Å². The summed E-state index contributed by atoms with van der Waals surface area (Å²) in [6.45, 7) is 10.9. The van der Waals surface area contributed by atoms with Crippen molar-refractivity contribution in [2.45, 2.75) is 160 Å². The average Bonchev–Trinajstić information content (AvgIpc) is 2.14. The van der Waals surface area contributed by atoms with Gasteiger partial charge in [0.2, 0.25) is 23.6 Å². The van der Waals surface area contributed by atoms with Crippen LogP contribution in [0.3, 0.4) is 0 Å². The van der Waals surface area contributed by atoms with Gasteiger partial charge in [0.05, 0.1) is 31.4 Å². The lowest BCUT2D eigenvalue weighted by molar-refractivity contribution is -0.162. The minimum Gasteiger partial charge on any atom is -0.495 e. The lowest BCUT2D eigenvalue weighted by atomic mass is 9.83. The number of esters is 1. The second kappa shape index (κ2) is 29.8. The number of benzene rings is 2. The molecule has 10 atom stereocenters. The third-order valence-electron chi connectivity index (χ3n) is 15.1. The van der Waals surface area contributed by atoms with Crippen molar-refractivity contribution in [2.75, 3.05) is 51.6 Å². The Morgan fingerprint density at radius 2 is 1.70 bits per heavy atom. The first kappa shape index (κ1) is 65.8. The number of hydrogen-bond donors (Lipinski definition) is 8. The molecule has 0 saturated carbocycles. The van der Waals surface area contributed by atoms with Gasteiger partial charge >= 0.3 is 24.2 Å². The Morgan fingerprint density at radius 1 is 1.00 bits per heavy atom. The zero-order valence-corrected chi connectivity index (χ0v) is 49.2. The molecule has 0 aromatic heterocycles. The fourth-order valence-electron chi connectivity index (χ4n) is 9.63. The molecule has 2 aromatic carbocycles. The molecule has 3 heterocycles. The van der Waals surface area contributed by atoms with Gasteiger partial charge in [-0.05, 0) is 94.2 Å². The Bertz CT molecular complexity index is 2670. The van der Waals surface area contributed by atoms with Gasteiger partial charge in [0.15, 0.2) is 5.72 Å². The van der Waals surface area contributed by atoms with E-state index in [4.69, 9.17) is 51.5 Å². The van der Waals surface area contributed by atoms with Crippen LogP contribution >= 0.6 is 11.6 Å². The summed E-state index contributed by atoms with van der Waals surface area (Å²) in [6.07, 6.45) is 1.93. The number of rotatable bonds is 22. The molecular formula is C57H82ClN9O15. The Kier molecular flexibility index (Phi) is 23.9. The van der Waals surface area contributed by atoms with Gasteiger partial charge in [-0.15, -0.1) is 0 Å². The van der Waals surface area contributed by atoms with Crippen LogP contribution < -0.4 is 47.7 Å². The topological polar surface area (TPSA) is 334 Å². The van der Waals surface area contributed by atoms with Crippen LogP contribution in [0.1, 0.15) is 104 Å². The molecule has 25 heteroatoms.